The predicted molar refractivity (Wildman–Crippen MR) is 104 cm³/mol. The zero-order valence-electron chi connectivity index (χ0n) is 15.8. The third-order valence-corrected chi connectivity index (χ3v) is 5.42. The van der Waals surface area contributed by atoms with Crippen molar-refractivity contribution in [3.63, 3.8) is 0 Å². The Balaban J connectivity index is 1.67. The van der Waals surface area contributed by atoms with Crippen molar-refractivity contribution in [3.05, 3.63) is 53.6 Å². The van der Waals surface area contributed by atoms with E-state index in [9.17, 15) is 22.8 Å². The van der Waals surface area contributed by atoms with Crippen LogP contribution in [0.15, 0.2) is 47.4 Å². The number of rotatable bonds is 4. The fourth-order valence-corrected chi connectivity index (χ4v) is 3.43. The topological polar surface area (TPSA) is 122 Å². The average Bonchev–Trinajstić information content (AvgIpc) is 2.68. The third kappa shape index (κ3) is 4.54. The minimum Gasteiger partial charge on any atom is -0.482 e. The van der Waals surface area contributed by atoms with Gasteiger partial charge in [0.2, 0.25) is 0 Å². The summed E-state index contributed by atoms with van der Waals surface area (Å²) < 4.78 is 28.7. The van der Waals surface area contributed by atoms with Crippen LogP contribution in [-0.2, 0) is 19.4 Å². The molecular weight excluding hydrogens is 398 g/mol. The van der Waals surface area contributed by atoms with E-state index >= 15 is 0 Å². The zero-order chi connectivity index (χ0) is 21.2. The first-order valence-corrected chi connectivity index (χ1v) is 10.5. The van der Waals surface area contributed by atoms with Gasteiger partial charge in [-0.15, -0.1) is 0 Å². The molecule has 0 bridgehead atoms. The Morgan fingerprint density at radius 1 is 1.14 bits per heavy atom. The third-order valence-electron chi connectivity index (χ3n) is 4.31. The number of ether oxygens (including phenoxy) is 1. The fourth-order valence-electron chi connectivity index (χ4n) is 2.78. The van der Waals surface area contributed by atoms with Gasteiger partial charge in [0.15, 0.2) is 16.4 Å². The summed E-state index contributed by atoms with van der Waals surface area (Å²) in [6.45, 7) is 1.14. The van der Waals surface area contributed by atoms with E-state index in [0.717, 1.165) is 6.26 Å². The summed E-state index contributed by atoms with van der Waals surface area (Å²) in [7, 11) is -3.48. The number of nitrogens with one attached hydrogen (secondary N) is 2. The van der Waals surface area contributed by atoms with E-state index in [0.29, 0.717) is 17.0 Å². The summed E-state index contributed by atoms with van der Waals surface area (Å²) >= 11 is 0. The molecule has 2 aromatic carbocycles. The van der Waals surface area contributed by atoms with Crippen molar-refractivity contribution in [2.45, 2.75) is 11.8 Å². The molecule has 29 heavy (non-hydrogen) atoms. The Hall–Kier alpha value is -3.40. The lowest BCUT2D eigenvalue weighted by Gasteiger charge is -2.28. The molecule has 1 aliphatic rings. The molecule has 1 aliphatic heterocycles. The second kappa shape index (κ2) is 7.92. The molecule has 9 nitrogen and oxygen atoms in total. The Morgan fingerprint density at radius 2 is 1.86 bits per heavy atom. The van der Waals surface area contributed by atoms with Gasteiger partial charge in [-0.1, -0.05) is 18.2 Å². The number of para-hydroxylation sites is 2. The summed E-state index contributed by atoms with van der Waals surface area (Å²) in [4.78, 5) is 38.0. The van der Waals surface area contributed by atoms with E-state index in [-0.39, 0.29) is 29.5 Å². The number of sulfone groups is 1. The number of carbonyl (C=O) groups is 3. The number of hydrazine groups is 1. The maximum absolute atomic E-state index is 12.4. The lowest BCUT2D eigenvalue weighted by molar-refractivity contribution is -0.125. The van der Waals surface area contributed by atoms with Crippen LogP contribution in [0.3, 0.4) is 0 Å². The van der Waals surface area contributed by atoms with E-state index in [2.05, 4.69) is 10.9 Å². The van der Waals surface area contributed by atoms with E-state index in [4.69, 9.17) is 4.74 Å². The lowest BCUT2D eigenvalue weighted by atomic mass is 10.1. The van der Waals surface area contributed by atoms with Gasteiger partial charge in [0.25, 0.3) is 17.7 Å². The Kier molecular flexibility index (Phi) is 5.55. The summed E-state index contributed by atoms with van der Waals surface area (Å²) in [6.07, 6.45) is 1.04. The van der Waals surface area contributed by atoms with Crippen LogP contribution in [0.5, 0.6) is 5.75 Å². The van der Waals surface area contributed by atoms with Crippen LogP contribution in [0.1, 0.15) is 15.9 Å². The Bertz CT molecular complexity index is 1100. The minimum atomic E-state index is -3.48. The molecule has 0 aliphatic carbocycles. The highest BCUT2D eigenvalue weighted by molar-refractivity contribution is 7.90. The molecule has 3 amide bonds. The highest BCUT2D eigenvalue weighted by atomic mass is 32.2. The number of hydrogen-bond acceptors (Lipinski definition) is 6. The van der Waals surface area contributed by atoms with Crippen LogP contribution in [0.2, 0.25) is 0 Å². The Labute approximate surface area is 167 Å². The number of amides is 3. The monoisotopic (exact) mass is 417 g/mol. The lowest BCUT2D eigenvalue weighted by Crippen LogP contribution is -2.49. The maximum Gasteiger partial charge on any atom is 0.269 e. The van der Waals surface area contributed by atoms with Crippen LogP contribution in [0.4, 0.5) is 5.69 Å². The van der Waals surface area contributed by atoms with Crippen LogP contribution >= 0.6 is 0 Å². The molecule has 0 unspecified atom stereocenters. The van der Waals surface area contributed by atoms with Crippen molar-refractivity contribution in [2.24, 2.45) is 0 Å². The van der Waals surface area contributed by atoms with Crippen molar-refractivity contribution >= 4 is 33.2 Å². The summed E-state index contributed by atoms with van der Waals surface area (Å²) in [6, 6.07) is 11.0. The average molecular weight is 417 g/mol. The molecule has 0 spiro atoms. The molecule has 0 fully saturated rings. The van der Waals surface area contributed by atoms with Gasteiger partial charge in [-0.05, 0) is 36.8 Å². The van der Waals surface area contributed by atoms with Crippen molar-refractivity contribution < 1.29 is 27.5 Å². The zero-order valence-corrected chi connectivity index (χ0v) is 16.6. The summed E-state index contributed by atoms with van der Waals surface area (Å²) in [5.41, 5.74) is 5.60. The first-order valence-electron chi connectivity index (χ1n) is 8.59. The van der Waals surface area contributed by atoms with Gasteiger partial charge < -0.3 is 4.74 Å². The molecule has 152 valence electrons. The molecule has 3 rings (SSSR count). The molecule has 1 heterocycles. The Morgan fingerprint density at radius 3 is 2.59 bits per heavy atom. The molecule has 2 N–H and O–H groups in total. The first-order chi connectivity index (χ1) is 13.7. The summed E-state index contributed by atoms with van der Waals surface area (Å²) in [5.74, 6) is -1.20. The smallest absolute Gasteiger partial charge is 0.269 e. The number of anilines is 1. The number of aryl methyl sites for hydroxylation is 1. The molecule has 0 atom stereocenters. The van der Waals surface area contributed by atoms with Crippen molar-refractivity contribution in [2.75, 3.05) is 24.3 Å². The van der Waals surface area contributed by atoms with E-state index in [1.165, 1.54) is 23.1 Å². The van der Waals surface area contributed by atoms with Crippen LogP contribution in [0.25, 0.3) is 0 Å². The summed E-state index contributed by atoms with van der Waals surface area (Å²) in [5, 5.41) is 0. The first kappa shape index (κ1) is 20.3. The second-order valence-electron chi connectivity index (χ2n) is 6.49. The predicted octanol–water partition coefficient (Wildman–Crippen LogP) is 0.585. The van der Waals surface area contributed by atoms with E-state index in [1.54, 1.807) is 31.2 Å². The van der Waals surface area contributed by atoms with E-state index < -0.39 is 21.7 Å². The number of fused-ring (bicyclic) bond motifs is 1. The number of carbonyl (C=O) groups excluding carboxylic acids is 3. The van der Waals surface area contributed by atoms with Crippen LogP contribution < -0.4 is 20.5 Å². The van der Waals surface area contributed by atoms with Gasteiger partial charge >= 0.3 is 0 Å². The molecule has 10 heteroatoms. The largest absolute Gasteiger partial charge is 0.482 e. The van der Waals surface area contributed by atoms with Crippen LogP contribution in [0, 0.1) is 6.92 Å². The van der Waals surface area contributed by atoms with Gasteiger partial charge in [0.05, 0.1) is 10.6 Å². The number of hydrogen-bond donors (Lipinski definition) is 2. The minimum absolute atomic E-state index is 0.00454. The SMILES string of the molecule is Cc1ccc(S(C)(=O)=O)cc1C(=O)NNC(=O)CN1C(=O)COc2ccccc21. The van der Waals surface area contributed by atoms with Gasteiger partial charge in [0, 0.05) is 11.8 Å². The van der Waals surface area contributed by atoms with Gasteiger partial charge in [0.1, 0.15) is 12.3 Å². The molecular formula is C19H19N3O6S. The van der Waals surface area contributed by atoms with E-state index in [1.807, 2.05) is 0 Å². The van der Waals surface area contributed by atoms with Gasteiger partial charge in [-0.25, -0.2) is 8.42 Å². The van der Waals surface area contributed by atoms with Gasteiger partial charge in [-0.2, -0.15) is 0 Å². The molecule has 0 saturated carbocycles. The normalized spacial score (nSPS) is 13.3. The fraction of sp³-hybridized carbons (Fsp3) is 0.211. The number of nitrogens with zero attached hydrogens (tertiary/aromatic N) is 1. The standard InChI is InChI=1S/C19H19N3O6S/c1-12-7-8-13(29(2,26)27)9-14(12)19(25)21-20-17(23)10-22-15-5-3-4-6-16(15)28-11-18(22)24/h3-9H,10-11H2,1-2H3,(H,20,23)(H,21,25). The number of benzene rings is 2. The second-order valence-corrected chi connectivity index (χ2v) is 8.50. The van der Waals surface area contributed by atoms with Gasteiger partial charge in [-0.3, -0.25) is 30.1 Å². The van der Waals surface area contributed by atoms with Crippen molar-refractivity contribution in [1.29, 1.82) is 0 Å². The molecule has 0 saturated heterocycles. The highest BCUT2D eigenvalue weighted by Crippen LogP contribution is 2.31. The molecule has 0 radical (unpaired) electrons. The quantitative estimate of drug-likeness (QED) is 0.702. The van der Waals surface area contributed by atoms with Crippen molar-refractivity contribution in [3.8, 4) is 5.75 Å². The maximum atomic E-state index is 12.4. The van der Waals surface area contributed by atoms with Crippen LogP contribution in [-0.4, -0.2) is 45.5 Å². The van der Waals surface area contributed by atoms with Crippen molar-refractivity contribution in [1.82, 2.24) is 10.9 Å². The molecule has 2 aromatic rings. The highest BCUT2D eigenvalue weighted by Gasteiger charge is 2.27. The molecule has 0 aromatic heterocycles.